The maximum absolute atomic E-state index is 6.38. The molecule has 0 unspecified atom stereocenters. The summed E-state index contributed by atoms with van der Waals surface area (Å²) in [5.41, 5.74) is 9.13. The first-order chi connectivity index (χ1) is 24.8. The lowest BCUT2D eigenvalue weighted by atomic mass is 9.93. The summed E-state index contributed by atoms with van der Waals surface area (Å²) >= 11 is 1.87. The second-order valence-electron chi connectivity index (χ2n) is 12.9. The highest BCUT2D eigenvalue weighted by Crippen LogP contribution is 2.46. The molecule has 4 heteroatoms. The number of hydrogen-bond donors (Lipinski definition) is 0. The third-order valence-corrected chi connectivity index (χ3v) is 11.2. The molecular formula is C46H27NO2S. The SMILES string of the molecule is c1ccc2c(-c3ccc(N(c4ccc5c(c4)oc4ccccc45)c4ccc5oc6ccccc6c5c4)cc3)c3c(cc2c1)sc1ccccc13. The van der Waals surface area contributed by atoms with Gasteiger partial charge in [-0.25, -0.2) is 0 Å². The van der Waals surface area contributed by atoms with Crippen LogP contribution in [0.5, 0.6) is 0 Å². The number of para-hydroxylation sites is 2. The van der Waals surface area contributed by atoms with Crippen molar-refractivity contribution in [3.63, 3.8) is 0 Å². The van der Waals surface area contributed by atoms with Crippen molar-refractivity contribution in [2.24, 2.45) is 0 Å². The minimum atomic E-state index is 0.864. The maximum atomic E-state index is 6.38. The molecule has 0 N–H and O–H groups in total. The second-order valence-corrected chi connectivity index (χ2v) is 14.0. The number of nitrogens with zero attached hydrogens (tertiary/aromatic N) is 1. The van der Waals surface area contributed by atoms with E-state index in [9.17, 15) is 0 Å². The molecule has 3 aromatic heterocycles. The van der Waals surface area contributed by atoms with E-state index in [1.165, 1.54) is 42.1 Å². The van der Waals surface area contributed by atoms with Gasteiger partial charge in [-0.15, -0.1) is 11.3 Å². The van der Waals surface area contributed by atoms with Crippen LogP contribution >= 0.6 is 11.3 Å². The van der Waals surface area contributed by atoms with Crippen LogP contribution in [0.1, 0.15) is 0 Å². The van der Waals surface area contributed by atoms with Crippen molar-refractivity contribution >= 4 is 103 Å². The molecular weight excluding hydrogens is 631 g/mol. The lowest BCUT2D eigenvalue weighted by molar-refractivity contribution is 0.668. The number of hydrogen-bond acceptors (Lipinski definition) is 4. The fourth-order valence-corrected chi connectivity index (χ4v) is 8.94. The molecule has 234 valence electrons. The summed E-state index contributed by atoms with van der Waals surface area (Å²) in [6.45, 7) is 0. The molecule has 11 rings (SSSR count). The van der Waals surface area contributed by atoms with Gasteiger partial charge in [-0.1, -0.05) is 91.0 Å². The zero-order valence-corrected chi connectivity index (χ0v) is 27.6. The first kappa shape index (κ1) is 27.6. The van der Waals surface area contributed by atoms with E-state index >= 15 is 0 Å². The molecule has 0 fully saturated rings. The first-order valence-corrected chi connectivity index (χ1v) is 17.6. The summed E-state index contributed by atoms with van der Waals surface area (Å²) in [5.74, 6) is 0. The van der Waals surface area contributed by atoms with Gasteiger partial charge in [0.25, 0.3) is 0 Å². The summed E-state index contributed by atoms with van der Waals surface area (Å²) in [7, 11) is 0. The van der Waals surface area contributed by atoms with Crippen molar-refractivity contribution in [1.82, 2.24) is 0 Å². The number of furan rings is 2. The third-order valence-electron chi connectivity index (χ3n) is 10.0. The number of rotatable bonds is 4. The molecule has 11 aromatic rings. The second kappa shape index (κ2) is 10.6. The molecule has 0 saturated carbocycles. The number of fused-ring (bicyclic) bond motifs is 10. The van der Waals surface area contributed by atoms with Crippen molar-refractivity contribution < 1.29 is 8.83 Å². The highest BCUT2D eigenvalue weighted by Gasteiger charge is 2.19. The summed E-state index contributed by atoms with van der Waals surface area (Å²) in [6, 6.07) is 58.4. The number of anilines is 3. The Morgan fingerprint density at radius 3 is 1.78 bits per heavy atom. The molecule has 0 radical (unpaired) electrons. The minimum Gasteiger partial charge on any atom is -0.456 e. The average Bonchev–Trinajstić information content (AvgIpc) is 3.85. The predicted octanol–water partition coefficient (Wildman–Crippen LogP) is 14.1. The van der Waals surface area contributed by atoms with Crippen molar-refractivity contribution in [2.45, 2.75) is 0 Å². The van der Waals surface area contributed by atoms with Crippen LogP contribution in [0.3, 0.4) is 0 Å². The van der Waals surface area contributed by atoms with Crippen LogP contribution in [0.25, 0.3) is 85.9 Å². The normalized spacial score (nSPS) is 12.0. The largest absolute Gasteiger partial charge is 0.456 e. The van der Waals surface area contributed by atoms with Crippen LogP contribution in [0, 0.1) is 0 Å². The molecule has 3 heterocycles. The summed E-state index contributed by atoms with van der Waals surface area (Å²) in [5, 5.41) is 9.58. The fourth-order valence-electron chi connectivity index (χ4n) is 7.78. The van der Waals surface area contributed by atoms with Crippen molar-refractivity contribution in [2.75, 3.05) is 4.90 Å². The van der Waals surface area contributed by atoms with E-state index in [1.807, 2.05) is 35.6 Å². The Morgan fingerprint density at radius 2 is 0.960 bits per heavy atom. The topological polar surface area (TPSA) is 29.5 Å². The summed E-state index contributed by atoms with van der Waals surface area (Å²) < 4.78 is 15.2. The zero-order valence-electron chi connectivity index (χ0n) is 26.8. The Balaban J connectivity index is 1.12. The molecule has 0 spiro atoms. The summed E-state index contributed by atoms with van der Waals surface area (Å²) in [6.07, 6.45) is 0. The molecule has 3 nitrogen and oxygen atoms in total. The molecule has 0 bridgehead atoms. The van der Waals surface area contributed by atoms with Gasteiger partial charge in [-0.2, -0.15) is 0 Å². The van der Waals surface area contributed by atoms with Crippen molar-refractivity contribution in [3.8, 4) is 11.1 Å². The highest BCUT2D eigenvalue weighted by molar-refractivity contribution is 7.26. The Morgan fingerprint density at radius 1 is 0.380 bits per heavy atom. The van der Waals surface area contributed by atoms with Gasteiger partial charge in [-0.3, -0.25) is 0 Å². The Hall–Kier alpha value is -6.36. The van der Waals surface area contributed by atoms with Gasteiger partial charge in [0.1, 0.15) is 22.3 Å². The van der Waals surface area contributed by atoms with Crippen molar-refractivity contribution in [3.05, 3.63) is 164 Å². The van der Waals surface area contributed by atoms with Gasteiger partial charge in [0.15, 0.2) is 0 Å². The molecule has 0 saturated heterocycles. The van der Waals surface area contributed by atoms with Crippen molar-refractivity contribution in [1.29, 1.82) is 0 Å². The average molecular weight is 658 g/mol. The number of benzene rings is 8. The smallest absolute Gasteiger partial charge is 0.137 e. The van der Waals surface area contributed by atoms with E-state index < -0.39 is 0 Å². The van der Waals surface area contributed by atoms with Crippen LogP contribution in [0.2, 0.25) is 0 Å². The number of thiophene rings is 1. The van der Waals surface area contributed by atoms with Gasteiger partial charge < -0.3 is 13.7 Å². The zero-order chi connectivity index (χ0) is 32.8. The lowest BCUT2D eigenvalue weighted by Crippen LogP contribution is -2.09. The van der Waals surface area contributed by atoms with Crippen LogP contribution in [-0.2, 0) is 0 Å². The van der Waals surface area contributed by atoms with Gasteiger partial charge in [-0.05, 0) is 88.6 Å². The van der Waals surface area contributed by atoms with Crippen LogP contribution < -0.4 is 4.90 Å². The molecule has 0 amide bonds. The molecule has 0 atom stereocenters. The van der Waals surface area contributed by atoms with Crippen LogP contribution in [0.4, 0.5) is 17.1 Å². The Bertz CT molecular complexity index is 3110. The van der Waals surface area contributed by atoms with Gasteiger partial charge >= 0.3 is 0 Å². The van der Waals surface area contributed by atoms with E-state index in [1.54, 1.807) is 0 Å². The minimum absolute atomic E-state index is 0.864. The van der Waals surface area contributed by atoms with Gasteiger partial charge in [0.05, 0.1) is 0 Å². The van der Waals surface area contributed by atoms with E-state index in [0.717, 1.165) is 60.9 Å². The highest BCUT2D eigenvalue weighted by atomic mass is 32.1. The fraction of sp³-hybridized carbons (Fsp3) is 0. The molecule has 0 aliphatic rings. The van der Waals surface area contributed by atoms with Gasteiger partial charge in [0, 0.05) is 64.8 Å². The molecule has 8 aromatic carbocycles. The van der Waals surface area contributed by atoms with Crippen LogP contribution in [0.15, 0.2) is 173 Å². The Labute approximate surface area is 290 Å². The first-order valence-electron chi connectivity index (χ1n) is 16.8. The Kier molecular flexibility index (Phi) is 5.83. The predicted molar refractivity (Wildman–Crippen MR) is 212 cm³/mol. The van der Waals surface area contributed by atoms with Gasteiger partial charge in [0.2, 0.25) is 0 Å². The third kappa shape index (κ3) is 4.09. The monoisotopic (exact) mass is 657 g/mol. The standard InChI is InChI=1S/C46H27NO2S/c1-2-10-33-29(9-1)25-44-46(37-13-5-8-16-43(37)50-44)45(33)28-17-19-30(20-18-28)47(31-22-24-41-38(26-31)35-12-4-7-15-40(35)48-41)32-21-23-36-34-11-3-6-14-39(34)49-42(36)27-32/h1-27H. The van der Waals surface area contributed by atoms with E-state index in [0.29, 0.717) is 0 Å². The molecule has 50 heavy (non-hydrogen) atoms. The maximum Gasteiger partial charge on any atom is 0.137 e. The van der Waals surface area contributed by atoms with E-state index in [-0.39, 0.29) is 0 Å². The quantitative estimate of drug-likeness (QED) is 0.189. The molecule has 0 aliphatic heterocycles. The van der Waals surface area contributed by atoms with E-state index in [4.69, 9.17) is 8.83 Å². The summed E-state index contributed by atoms with van der Waals surface area (Å²) in [4.78, 5) is 2.32. The van der Waals surface area contributed by atoms with E-state index in [2.05, 4.69) is 144 Å². The van der Waals surface area contributed by atoms with Crippen LogP contribution in [-0.4, -0.2) is 0 Å². The molecule has 0 aliphatic carbocycles. The lowest BCUT2D eigenvalue weighted by Gasteiger charge is -2.26.